The van der Waals surface area contributed by atoms with E-state index in [2.05, 4.69) is 16.0 Å². The summed E-state index contributed by atoms with van der Waals surface area (Å²) in [7, 11) is 0. The van der Waals surface area contributed by atoms with Crippen LogP contribution in [0.25, 0.3) is 0 Å². The highest BCUT2D eigenvalue weighted by atomic mass is 16.5. The molecule has 0 atom stereocenters. The lowest BCUT2D eigenvalue weighted by molar-refractivity contribution is -0.684. The van der Waals surface area contributed by atoms with Crippen molar-refractivity contribution in [2.45, 2.75) is 13.1 Å². The molecule has 0 bridgehead atoms. The smallest absolute Gasteiger partial charge is 0.286 e. The topological polar surface area (TPSA) is 131 Å². The van der Waals surface area contributed by atoms with E-state index < -0.39 is 11.8 Å². The molecule has 0 aliphatic rings. The number of rotatable bonds is 14. The largest absolute Gasteiger partial charge is 0.370 e. The van der Waals surface area contributed by atoms with Gasteiger partial charge in [0.15, 0.2) is 24.8 Å². The summed E-state index contributed by atoms with van der Waals surface area (Å²) in [5, 5.41) is 7.48. The van der Waals surface area contributed by atoms with Gasteiger partial charge in [0.2, 0.25) is 13.1 Å². The molecule has 2 heterocycles. The number of imide groups is 1. The van der Waals surface area contributed by atoms with Crippen molar-refractivity contribution in [3.63, 3.8) is 0 Å². The van der Waals surface area contributed by atoms with Crippen LogP contribution in [-0.2, 0) is 41.7 Å². The minimum atomic E-state index is -0.608. The highest BCUT2D eigenvalue weighted by Crippen LogP contribution is 1.81. The van der Waals surface area contributed by atoms with E-state index in [1.165, 1.54) is 0 Å². The monoisotopic (exact) mass is 459 g/mol. The lowest BCUT2D eigenvalue weighted by Crippen LogP contribution is -2.43. The predicted octanol–water partition coefficient (Wildman–Crippen LogP) is -2.13. The zero-order valence-electron chi connectivity index (χ0n) is 18.3. The Balaban J connectivity index is 1.43. The van der Waals surface area contributed by atoms with Crippen LogP contribution in [0.1, 0.15) is 0 Å². The molecule has 0 saturated heterocycles. The molecule has 2 aromatic heterocycles. The molecule has 0 fully saturated rings. The Bertz CT molecular complexity index is 821. The molecule has 0 spiro atoms. The van der Waals surface area contributed by atoms with Crippen molar-refractivity contribution in [1.82, 2.24) is 16.0 Å². The minimum Gasteiger partial charge on any atom is -0.370 e. The van der Waals surface area contributed by atoms with Crippen LogP contribution in [0.15, 0.2) is 61.2 Å². The van der Waals surface area contributed by atoms with E-state index >= 15 is 0 Å². The van der Waals surface area contributed by atoms with Gasteiger partial charge in [0, 0.05) is 37.4 Å². The number of amides is 4. The summed E-state index contributed by atoms with van der Waals surface area (Å²) in [6.45, 7) is 0.478. The first kappa shape index (κ1) is 25.6. The Kier molecular flexibility index (Phi) is 11.7. The van der Waals surface area contributed by atoms with Crippen molar-refractivity contribution in [3.8, 4) is 0 Å². The first-order chi connectivity index (χ1) is 16.0. The van der Waals surface area contributed by atoms with Crippen molar-refractivity contribution >= 4 is 23.6 Å². The van der Waals surface area contributed by atoms with Crippen LogP contribution in [0.4, 0.5) is 0 Å². The third-order valence-electron chi connectivity index (χ3n) is 4.09. The molecule has 0 aromatic carbocycles. The van der Waals surface area contributed by atoms with E-state index in [1.807, 2.05) is 36.4 Å². The molecule has 11 nitrogen and oxygen atoms in total. The van der Waals surface area contributed by atoms with Crippen LogP contribution >= 0.6 is 0 Å². The Morgan fingerprint density at radius 3 is 1.36 bits per heavy atom. The summed E-state index contributed by atoms with van der Waals surface area (Å²) in [4.78, 5) is 46.9. The van der Waals surface area contributed by atoms with Gasteiger partial charge in [-0.3, -0.25) is 24.5 Å². The van der Waals surface area contributed by atoms with E-state index in [0.29, 0.717) is 0 Å². The summed E-state index contributed by atoms with van der Waals surface area (Å²) < 4.78 is 13.7. The maximum atomic E-state index is 11.8. The average Bonchev–Trinajstić information content (AvgIpc) is 2.80. The molecule has 4 amide bonds. The van der Waals surface area contributed by atoms with Gasteiger partial charge < -0.3 is 20.1 Å². The van der Waals surface area contributed by atoms with Crippen LogP contribution < -0.4 is 25.1 Å². The SMILES string of the molecule is O=C(C[n+]1ccccc1)NCCOCC(=O)NC(=O)COCCNC(=O)C[n+]1ccccc1. The van der Waals surface area contributed by atoms with E-state index in [4.69, 9.17) is 9.47 Å². The molecular formula is C22H29N5O6+2. The zero-order valence-corrected chi connectivity index (χ0v) is 18.3. The van der Waals surface area contributed by atoms with Gasteiger partial charge >= 0.3 is 0 Å². The molecule has 2 rings (SSSR count). The molecule has 11 heteroatoms. The first-order valence-corrected chi connectivity index (χ1v) is 10.4. The van der Waals surface area contributed by atoms with Crippen molar-refractivity contribution in [2.24, 2.45) is 0 Å². The van der Waals surface area contributed by atoms with Crippen LogP contribution in [0.2, 0.25) is 0 Å². The van der Waals surface area contributed by atoms with Gasteiger partial charge in [-0.05, 0) is 0 Å². The van der Waals surface area contributed by atoms with Crippen molar-refractivity contribution in [1.29, 1.82) is 0 Å². The fraction of sp³-hybridized carbons (Fsp3) is 0.364. The highest BCUT2D eigenvalue weighted by molar-refractivity contribution is 5.96. The van der Waals surface area contributed by atoms with Gasteiger partial charge in [0.05, 0.1) is 13.2 Å². The van der Waals surface area contributed by atoms with Crippen molar-refractivity contribution in [3.05, 3.63) is 61.2 Å². The molecule has 176 valence electrons. The first-order valence-electron chi connectivity index (χ1n) is 10.4. The van der Waals surface area contributed by atoms with Gasteiger partial charge in [0.1, 0.15) is 13.2 Å². The number of hydrogen-bond acceptors (Lipinski definition) is 6. The quantitative estimate of drug-likeness (QED) is 0.219. The number of aromatic nitrogens is 2. The summed E-state index contributed by atoms with van der Waals surface area (Å²) in [5.41, 5.74) is 0. The maximum Gasteiger partial charge on any atom is 0.286 e. The molecule has 0 saturated carbocycles. The van der Waals surface area contributed by atoms with Gasteiger partial charge in [-0.15, -0.1) is 0 Å². The minimum absolute atomic E-state index is 0.129. The third kappa shape index (κ3) is 12.1. The lowest BCUT2D eigenvalue weighted by Gasteiger charge is -2.07. The van der Waals surface area contributed by atoms with Gasteiger partial charge in [-0.25, -0.2) is 0 Å². The number of hydrogen-bond donors (Lipinski definition) is 3. The maximum absolute atomic E-state index is 11.8. The molecule has 0 radical (unpaired) electrons. The Labute approximate surface area is 191 Å². The summed E-state index contributed by atoms with van der Waals surface area (Å²) in [6.07, 6.45) is 7.12. The van der Waals surface area contributed by atoms with E-state index in [0.717, 1.165) is 0 Å². The molecule has 2 aromatic rings. The van der Waals surface area contributed by atoms with Crippen LogP contribution in [-0.4, -0.2) is 63.1 Å². The van der Waals surface area contributed by atoms with E-state index in [9.17, 15) is 19.2 Å². The van der Waals surface area contributed by atoms with E-state index in [1.54, 1.807) is 33.9 Å². The Hall–Kier alpha value is -3.70. The van der Waals surface area contributed by atoms with Crippen molar-refractivity contribution < 1.29 is 37.8 Å². The number of carbonyl (C=O) groups excluding carboxylic acids is 4. The molecule has 0 aliphatic carbocycles. The van der Waals surface area contributed by atoms with Gasteiger partial charge in [-0.1, -0.05) is 12.1 Å². The lowest BCUT2D eigenvalue weighted by atomic mass is 10.4. The number of pyridine rings is 2. The fourth-order valence-corrected chi connectivity index (χ4v) is 2.61. The third-order valence-corrected chi connectivity index (χ3v) is 4.09. The second-order valence-electron chi connectivity index (χ2n) is 6.87. The van der Waals surface area contributed by atoms with Crippen LogP contribution in [0.5, 0.6) is 0 Å². The van der Waals surface area contributed by atoms with Crippen molar-refractivity contribution in [2.75, 3.05) is 39.5 Å². The number of nitrogens with one attached hydrogen (secondary N) is 3. The summed E-state index contributed by atoms with van der Waals surface area (Å²) in [6, 6.07) is 11.0. The second kappa shape index (κ2) is 15.2. The number of carbonyl (C=O) groups is 4. The summed E-state index contributed by atoms with van der Waals surface area (Å²) >= 11 is 0. The highest BCUT2D eigenvalue weighted by Gasteiger charge is 2.11. The van der Waals surface area contributed by atoms with Gasteiger partial charge in [0.25, 0.3) is 23.6 Å². The van der Waals surface area contributed by atoms with E-state index in [-0.39, 0.29) is 64.4 Å². The Morgan fingerprint density at radius 2 is 0.970 bits per heavy atom. The molecule has 0 aliphatic heterocycles. The fourth-order valence-electron chi connectivity index (χ4n) is 2.61. The molecule has 33 heavy (non-hydrogen) atoms. The average molecular weight is 460 g/mol. The van der Waals surface area contributed by atoms with Gasteiger partial charge in [-0.2, -0.15) is 9.13 Å². The normalized spacial score (nSPS) is 10.3. The standard InChI is InChI=1S/C22H27N5O6/c28-19(15-26-9-3-1-4-10-26)23-7-13-32-17-21(30)25-22(31)18-33-14-8-24-20(29)16-27-11-5-2-6-12-27/h1-6,9-12H,7-8,13-18H2,(H-2,23,24,25,28,29,30,31)/p+2. The molecular weight excluding hydrogens is 430 g/mol. The predicted molar refractivity (Wildman–Crippen MR) is 114 cm³/mol. The summed E-state index contributed by atoms with van der Waals surface area (Å²) in [5.74, 6) is -1.57. The number of ether oxygens (including phenoxy) is 2. The number of nitrogens with zero attached hydrogens (tertiary/aromatic N) is 2. The zero-order chi connectivity index (χ0) is 23.7. The molecule has 0 unspecified atom stereocenters. The van der Waals surface area contributed by atoms with Crippen LogP contribution in [0, 0.1) is 0 Å². The van der Waals surface area contributed by atoms with Crippen LogP contribution in [0.3, 0.4) is 0 Å². The molecule has 3 N–H and O–H groups in total. The Morgan fingerprint density at radius 1 is 0.576 bits per heavy atom. The second-order valence-corrected chi connectivity index (χ2v) is 6.87.